The molecule has 4 rings (SSSR count). The molecule has 1 amide bonds. The number of likely N-dealkylation sites (tertiary alicyclic amines) is 1. The van der Waals surface area contributed by atoms with E-state index in [0.717, 1.165) is 19.4 Å². The van der Waals surface area contributed by atoms with Crippen LogP contribution in [-0.4, -0.2) is 48.3 Å². The van der Waals surface area contributed by atoms with Gasteiger partial charge in [-0.15, -0.1) is 0 Å². The molecule has 5 nitrogen and oxygen atoms in total. The van der Waals surface area contributed by atoms with Gasteiger partial charge in [0.05, 0.1) is 6.61 Å². The van der Waals surface area contributed by atoms with Gasteiger partial charge in [0.1, 0.15) is 0 Å². The third-order valence-corrected chi connectivity index (χ3v) is 5.32. The SMILES string of the molecule is CCOC(=O)N[C@H]1C[C@@H]2c3cccc4[nH]cc(c34)C[C@H]2N(C)C1. The van der Waals surface area contributed by atoms with Crippen LogP contribution in [0, 0.1) is 0 Å². The maximum atomic E-state index is 11.8. The monoisotopic (exact) mass is 313 g/mol. The number of carbonyl (C=O) groups excluding carboxylic acids is 1. The molecule has 2 heterocycles. The highest BCUT2D eigenvalue weighted by Gasteiger charge is 2.39. The number of hydrogen-bond acceptors (Lipinski definition) is 3. The summed E-state index contributed by atoms with van der Waals surface area (Å²) < 4.78 is 5.04. The average molecular weight is 313 g/mol. The minimum atomic E-state index is -0.305. The maximum Gasteiger partial charge on any atom is 0.407 e. The van der Waals surface area contributed by atoms with Gasteiger partial charge < -0.3 is 19.9 Å². The van der Waals surface area contributed by atoms with E-state index in [4.69, 9.17) is 4.74 Å². The summed E-state index contributed by atoms with van der Waals surface area (Å²) in [5.74, 6) is 0.452. The quantitative estimate of drug-likeness (QED) is 0.896. The number of piperidine rings is 1. The van der Waals surface area contributed by atoms with Crippen molar-refractivity contribution in [2.24, 2.45) is 0 Å². The van der Waals surface area contributed by atoms with Crippen LogP contribution in [0.15, 0.2) is 24.4 Å². The highest BCUT2D eigenvalue weighted by atomic mass is 16.5. The predicted octanol–water partition coefficient (Wildman–Crippen LogP) is 2.63. The van der Waals surface area contributed by atoms with E-state index in [0.29, 0.717) is 18.6 Å². The third-order valence-electron chi connectivity index (χ3n) is 5.32. The topological polar surface area (TPSA) is 57.4 Å². The molecule has 2 N–H and O–H groups in total. The number of nitrogens with zero attached hydrogens (tertiary/aromatic N) is 1. The Bertz CT molecular complexity index is 739. The van der Waals surface area contributed by atoms with E-state index >= 15 is 0 Å². The molecule has 1 fully saturated rings. The molecule has 0 bridgehead atoms. The molecule has 1 aliphatic carbocycles. The van der Waals surface area contributed by atoms with Crippen LogP contribution in [0.3, 0.4) is 0 Å². The van der Waals surface area contributed by atoms with Crippen LogP contribution < -0.4 is 5.32 Å². The zero-order valence-electron chi connectivity index (χ0n) is 13.6. The molecule has 23 heavy (non-hydrogen) atoms. The van der Waals surface area contributed by atoms with E-state index in [1.54, 1.807) is 0 Å². The highest BCUT2D eigenvalue weighted by molar-refractivity contribution is 5.88. The summed E-state index contributed by atoms with van der Waals surface area (Å²) in [6.45, 7) is 3.11. The number of hydrogen-bond donors (Lipinski definition) is 2. The van der Waals surface area contributed by atoms with Crippen molar-refractivity contribution >= 4 is 17.0 Å². The number of benzene rings is 1. The second-order valence-corrected chi connectivity index (χ2v) is 6.70. The van der Waals surface area contributed by atoms with Crippen LogP contribution in [0.5, 0.6) is 0 Å². The molecule has 122 valence electrons. The van der Waals surface area contributed by atoms with Gasteiger partial charge in [-0.25, -0.2) is 4.79 Å². The summed E-state index contributed by atoms with van der Waals surface area (Å²) >= 11 is 0. The van der Waals surface area contributed by atoms with Crippen molar-refractivity contribution in [2.45, 2.75) is 37.8 Å². The van der Waals surface area contributed by atoms with Crippen LogP contribution >= 0.6 is 0 Å². The molecule has 5 heteroatoms. The Hall–Kier alpha value is -2.01. The number of likely N-dealkylation sites (N-methyl/N-ethyl adjacent to an activating group) is 1. The largest absolute Gasteiger partial charge is 0.450 e. The number of ether oxygens (including phenoxy) is 1. The van der Waals surface area contributed by atoms with Crippen molar-refractivity contribution in [3.63, 3.8) is 0 Å². The summed E-state index contributed by atoms with van der Waals surface area (Å²) in [6.07, 6.45) is 3.89. The summed E-state index contributed by atoms with van der Waals surface area (Å²) in [7, 11) is 2.16. The minimum absolute atomic E-state index is 0.135. The van der Waals surface area contributed by atoms with Crippen molar-refractivity contribution in [2.75, 3.05) is 20.2 Å². The lowest BCUT2D eigenvalue weighted by Gasteiger charge is -2.45. The molecule has 0 radical (unpaired) electrons. The highest BCUT2D eigenvalue weighted by Crippen LogP contribution is 2.42. The maximum absolute atomic E-state index is 11.8. The number of amides is 1. The first-order chi connectivity index (χ1) is 11.2. The fourth-order valence-corrected chi connectivity index (χ4v) is 4.39. The van der Waals surface area contributed by atoms with Gasteiger partial charge in [-0.05, 0) is 44.0 Å². The molecule has 1 aromatic heterocycles. The molecule has 1 aliphatic heterocycles. The van der Waals surface area contributed by atoms with Gasteiger partial charge in [-0.2, -0.15) is 0 Å². The van der Waals surface area contributed by atoms with Gasteiger partial charge in [0.2, 0.25) is 0 Å². The van der Waals surface area contributed by atoms with Gasteiger partial charge in [0, 0.05) is 41.6 Å². The zero-order chi connectivity index (χ0) is 16.0. The van der Waals surface area contributed by atoms with E-state index in [1.165, 1.54) is 22.0 Å². The van der Waals surface area contributed by atoms with E-state index in [1.807, 2.05) is 6.92 Å². The Morgan fingerprint density at radius 3 is 3.17 bits per heavy atom. The van der Waals surface area contributed by atoms with E-state index in [2.05, 4.69) is 46.6 Å². The summed E-state index contributed by atoms with van der Waals surface area (Å²) in [6, 6.07) is 7.16. The fraction of sp³-hybridized carbons (Fsp3) is 0.500. The number of aromatic amines is 1. The first kappa shape index (κ1) is 14.6. The standard InChI is InChI=1S/C18H23N3O2/c1-3-23-18(22)20-12-8-14-13-5-4-6-15-17(13)11(9-19-15)7-16(14)21(2)10-12/h4-6,9,12,14,16,19H,3,7-8,10H2,1-2H3,(H,20,22)/t12-,14+,16+/m0/s1. The predicted molar refractivity (Wildman–Crippen MR) is 89.7 cm³/mol. The Balaban J connectivity index is 1.64. The summed E-state index contributed by atoms with van der Waals surface area (Å²) in [5, 5.41) is 4.41. The van der Waals surface area contributed by atoms with Crippen molar-refractivity contribution in [1.82, 2.24) is 15.2 Å². The minimum Gasteiger partial charge on any atom is -0.450 e. The molecule has 2 aliphatic rings. The van der Waals surface area contributed by atoms with E-state index < -0.39 is 0 Å². The Labute approximate surface area is 136 Å². The second-order valence-electron chi connectivity index (χ2n) is 6.70. The lowest BCUT2D eigenvalue weighted by atomic mass is 9.74. The number of H-pyrrole nitrogens is 1. The van der Waals surface area contributed by atoms with Crippen molar-refractivity contribution < 1.29 is 9.53 Å². The number of alkyl carbamates (subject to hydrolysis) is 1. The molecule has 0 unspecified atom stereocenters. The van der Waals surface area contributed by atoms with Gasteiger partial charge >= 0.3 is 6.09 Å². The first-order valence-electron chi connectivity index (χ1n) is 8.39. The van der Waals surface area contributed by atoms with Crippen LogP contribution in [0.2, 0.25) is 0 Å². The van der Waals surface area contributed by atoms with Crippen molar-refractivity contribution in [3.8, 4) is 0 Å². The normalized spacial score (nSPS) is 26.8. The van der Waals surface area contributed by atoms with Gasteiger partial charge in [-0.3, -0.25) is 0 Å². The van der Waals surface area contributed by atoms with Crippen molar-refractivity contribution in [3.05, 3.63) is 35.5 Å². The van der Waals surface area contributed by atoms with Crippen LogP contribution in [0.1, 0.15) is 30.4 Å². The smallest absolute Gasteiger partial charge is 0.407 e. The lowest BCUT2D eigenvalue weighted by Crippen LogP contribution is -2.54. The van der Waals surface area contributed by atoms with Crippen LogP contribution in [-0.2, 0) is 11.2 Å². The number of rotatable bonds is 2. The van der Waals surface area contributed by atoms with Crippen molar-refractivity contribution in [1.29, 1.82) is 0 Å². The molecule has 3 atom stereocenters. The average Bonchev–Trinajstić information content (AvgIpc) is 2.93. The number of fused-ring (bicyclic) bond motifs is 2. The summed E-state index contributed by atoms with van der Waals surface area (Å²) in [4.78, 5) is 17.6. The fourth-order valence-electron chi connectivity index (χ4n) is 4.39. The molecule has 1 saturated heterocycles. The second kappa shape index (κ2) is 5.57. The first-order valence-corrected chi connectivity index (χ1v) is 8.39. The van der Waals surface area contributed by atoms with Crippen LogP contribution in [0.4, 0.5) is 4.79 Å². The van der Waals surface area contributed by atoms with Gasteiger partial charge in [0.25, 0.3) is 0 Å². The molecule has 0 spiro atoms. The van der Waals surface area contributed by atoms with E-state index in [-0.39, 0.29) is 12.1 Å². The molecular formula is C18H23N3O2. The zero-order valence-corrected chi connectivity index (χ0v) is 13.6. The number of carbonyl (C=O) groups is 1. The Morgan fingerprint density at radius 2 is 2.35 bits per heavy atom. The lowest BCUT2D eigenvalue weighted by molar-refractivity contribution is 0.110. The third kappa shape index (κ3) is 2.39. The Kier molecular flexibility index (Phi) is 3.53. The van der Waals surface area contributed by atoms with Gasteiger partial charge in [0.15, 0.2) is 0 Å². The number of aromatic nitrogens is 1. The van der Waals surface area contributed by atoms with Crippen LogP contribution in [0.25, 0.3) is 10.9 Å². The molecule has 2 aromatic rings. The summed E-state index contributed by atoms with van der Waals surface area (Å²) in [5.41, 5.74) is 4.05. The molecule has 1 aromatic carbocycles. The molecule has 0 saturated carbocycles. The van der Waals surface area contributed by atoms with E-state index in [9.17, 15) is 4.79 Å². The van der Waals surface area contributed by atoms with Gasteiger partial charge in [-0.1, -0.05) is 12.1 Å². The number of nitrogens with one attached hydrogen (secondary N) is 2. The Morgan fingerprint density at radius 1 is 1.48 bits per heavy atom. The molecular weight excluding hydrogens is 290 g/mol.